The van der Waals surface area contributed by atoms with Crippen molar-refractivity contribution < 1.29 is 18.9 Å². The Morgan fingerprint density at radius 3 is 1.62 bits per heavy atom. The Bertz CT molecular complexity index is 1290. The largest absolute Gasteiger partial charge is 0.368 e. The van der Waals surface area contributed by atoms with E-state index in [1.165, 1.54) is 0 Å². The number of hydrogen-bond donors (Lipinski definition) is 0. The van der Waals surface area contributed by atoms with E-state index in [4.69, 9.17) is 24.5 Å². The van der Waals surface area contributed by atoms with Gasteiger partial charge in [0.15, 0.2) is 0 Å². The molecule has 0 bridgehead atoms. The van der Waals surface area contributed by atoms with E-state index in [0.29, 0.717) is 19.8 Å². The molecule has 1 fully saturated rings. The SMILES string of the molecule is C[Si](C)(C)C#C[C@H]1OC(CN=[N+]=[N-])[C@@H](OCc2ccccc2)C(OCc2ccccc2)C1OCc1ccccc1. The molecule has 3 aromatic carbocycles. The fourth-order valence-corrected chi connectivity index (χ4v) is 5.03. The molecule has 0 aromatic heterocycles. The second kappa shape index (κ2) is 14.8. The second-order valence-electron chi connectivity index (χ2n) is 10.8. The van der Waals surface area contributed by atoms with Crippen LogP contribution in [0.3, 0.4) is 0 Å². The topological polar surface area (TPSA) is 85.7 Å². The molecule has 0 N–H and O–H groups in total. The molecule has 0 amide bonds. The van der Waals surface area contributed by atoms with Crippen molar-refractivity contribution >= 4 is 8.07 Å². The van der Waals surface area contributed by atoms with Crippen LogP contribution in [-0.2, 0) is 38.8 Å². The van der Waals surface area contributed by atoms with E-state index in [9.17, 15) is 0 Å². The van der Waals surface area contributed by atoms with E-state index >= 15 is 0 Å². The minimum absolute atomic E-state index is 0.0949. The fourth-order valence-electron chi connectivity index (χ4n) is 4.46. The molecule has 1 aliphatic heterocycles. The van der Waals surface area contributed by atoms with Crippen LogP contribution in [0.2, 0.25) is 19.6 Å². The third kappa shape index (κ3) is 9.07. The average molecular weight is 556 g/mol. The third-order valence-electron chi connectivity index (χ3n) is 6.40. The second-order valence-corrected chi connectivity index (χ2v) is 15.6. The molecule has 4 rings (SSSR count). The molecule has 1 aliphatic rings. The van der Waals surface area contributed by atoms with Crippen molar-refractivity contribution in [3.05, 3.63) is 118 Å². The Morgan fingerprint density at radius 1 is 0.725 bits per heavy atom. The van der Waals surface area contributed by atoms with Gasteiger partial charge in [-0.1, -0.05) is 122 Å². The zero-order valence-corrected chi connectivity index (χ0v) is 24.4. The highest BCUT2D eigenvalue weighted by atomic mass is 28.3. The molecule has 0 aliphatic carbocycles. The predicted molar refractivity (Wildman–Crippen MR) is 159 cm³/mol. The molecule has 1 saturated heterocycles. The van der Waals surface area contributed by atoms with E-state index in [2.05, 4.69) is 41.1 Å². The van der Waals surface area contributed by atoms with Crippen molar-refractivity contribution in [2.45, 2.75) is 70.0 Å². The van der Waals surface area contributed by atoms with Gasteiger partial charge in [0.05, 0.1) is 32.5 Å². The molecule has 5 atom stereocenters. The third-order valence-corrected chi connectivity index (χ3v) is 7.30. The highest BCUT2D eigenvalue weighted by molar-refractivity contribution is 6.83. The zero-order valence-electron chi connectivity index (χ0n) is 23.4. The molecule has 3 aromatic rings. The molecule has 0 spiro atoms. The van der Waals surface area contributed by atoms with Crippen molar-refractivity contribution in [2.24, 2.45) is 5.11 Å². The smallest absolute Gasteiger partial charge is 0.146 e. The standard InChI is InChI=1S/C32H37N3O4Si/c1-40(2,3)20-19-28-30(36-22-25-13-7-4-8-14-25)32(38-24-27-17-11-6-12-18-27)31(29(39-28)21-34-35-33)37-23-26-15-9-5-10-16-26/h4-18,28-32H,21-24H2,1-3H3/t28-,29?,30?,31-,32?/m1/s1. The van der Waals surface area contributed by atoms with Gasteiger partial charge in [-0.25, -0.2) is 0 Å². The maximum atomic E-state index is 9.13. The lowest BCUT2D eigenvalue weighted by molar-refractivity contribution is -0.251. The fraction of sp³-hybridized carbons (Fsp3) is 0.375. The molecule has 3 unspecified atom stereocenters. The van der Waals surface area contributed by atoms with Gasteiger partial charge in [-0.2, -0.15) is 0 Å². The number of rotatable bonds is 11. The van der Waals surface area contributed by atoms with Gasteiger partial charge in [0, 0.05) is 4.91 Å². The lowest BCUT2D eigenvalue weighted by atomic mass is 9.94. The van der Waals surface area contributed by atoms with Gasteiger partial charge >= 0.3 is 0 Å². The van der Waals surface area contributed by atoms with Crippen LogP contribution in [0.1, 0.15) is 16.7 Å². The Balaban J connectivity index is 1.69. The first-order chi connectivity index (χ1) is 19.4. The molecular formula is C32H37N3O4Si. The van der Waals surface area contributed by atoms with Crippen molar-refractivity contribution in [1.82, 2.24) is 0 Å². The number of hydrogen-bond acceptors (Lipinski definition) is 5. The van der Waals surface area contributed by atoms with Gasteiger partial charge in [-0.05, 0) is 22.2 Å². The Kier molecular flexibility index (Phi) is 11.0. The van der Waals surface area contributed by atoms with E-state index in [-0.39, 0.29) is 6.54 Å². The zero-order chi connectivity index (χ0) is 28.2. The number of azide groups is 1. The first-order valence-electron chi connectivity index (χ1n) is 13.6. The van der Waals surface area contributed by atoms with Gasteiger partial charge in [0.1, 0.15) is 32.5 Å². The highest BCUT2D eigenvalue weighted by Gasteiger charge is 2.47. The quantitative estimate of drug-likeness (QED) is 0.0866. The van der Waals surface area contributed by atoms with Crippen LogP contribution >= 0.6 is 0 Å². The van der Waals surface area contributed by atoms with Crippen LogP contribution in [0, 0.1) is 11.5 Å². The lowest BCUT2D eigenvalue weighted by Crippen LogP contribution is -2.60. The van der Waals surface area contributed by atoms with Gasteiger partial charge in [-0.3, -0.25) is 0 Å². The van der Waals surface area contributed by atoms with Crippen molar-refractivity contribution in [3.63, 3.8) is 0 Å². The predicted octanol–water partition coefficient (Wildman–Crippen LogP) is 6.70. The summed E-state index contributed by atoms with van der Waals surface area (Å²) in [7, 11) is -1.73. The summed E-state index contributed by atoms with van der Waals surface area (Å²) in [6, 6.07) is 30.0. The first kappa shape index (κ1) is 29.6. The summed E-state index contributed by atoms with van der Waals surface area (Å²) in [5.41, 5.74) is 15.7. The van der Waals surface area contributed by atoms with Crippen LogP contribution in [0.25, 0.3) is 10.4 Å². The highest BCUT2D eigenvalue weighted by Crippen LogP contribution is 2.31. The molecule has 208 valence electrons. The summed E-state index contributed by atoms with van der Waals surface area (Å²) in [5.74, 6) is 3.37. The lowest BCUT2D eigenvalue weighted by Gasteiger charge is -2.44. The molecule has 0 radical (unpaired) electrons. The van der Waals surface area contributed by atoms with Crippen molar-refractivity contribution in [3.8, 4) is 11.5 Å². The molecule has 1 heterocycles. The van der Waals surface area contributed by atoms with Crippen LogP contribution in [-0.4, -0.2) is 45.1 Å². The normalized spacial score (nSPS) is 22.5. The molecule has 0 saturated carbocycles. The van der Waals surface area contributed by atoms with E-state index in [1.54, 1.807) is 0 Å². The number of benzene rings is 3. The van der Waals surface area contributed by atoms with E-state index in [0.717, 1.165) is 16.7 Å². The average Bonchev–Trinajstić information content (AvgIpc) is 2.97. The van der Waals surface area contributed by atoms with Crippen LogP contribution in [0.15, 0.2) is 96.1 Å². The summed E-state index contributed by atoms with van der Waals surface area (Å²) in [6.07, 6.45) is -2.75. The first-order valence-corrected chi connectivity index (χ1v) is 17.1. The maximum Gasteiger partial charge on any atom is 0.146 e. The van der Waals surface area contributed by atoms with Crippen molar-refractivity contribution in [1.29, 1.82) is 0 Å². The van der Waals surface area contributed by atoms with Gasteiger partial charge in [0.25, 0.3) is 0 Å². The number of nitrogens with zero attached hydrogens (tertiary/aromatic N) is 3. The summed E-state index contributed by atoms with van der Waals surface area (Å²) < 4.78 is 26.2. The molecule has 7 nitrogen and oxygen atoms in total. The van der Waals surface area contributed by atoms with Crippen LogP contribution in [0.4, 0.5) is 0 Å². The molecule has 40 heavy (non-hydrogen) atoms. The van der Waals surface area contributed by atoms with E-state index in [1.807, 2.05) is 91.0 Å². The minimum Gasteiger partial charge on any atom is -0.368 e. The summed E-state index contributed by atoms with van der Waals surface area (Å²) in [6.45, 7) is 7.75. The van der Waals surface area contributed by atoms with Gasteiger partial charge in [0.2, 0.25) is 0 Å². The minimum atomic E-state index is -1.73. The monoisotopic (exact) mass is 555 g/mol. The van der Waals surface area contributed by atoms with Crippen LogP contribution in [0.5, 0.6) is 0 Å². The van der Waals surface area contributed by atoms with Crippen LogP contribution < -0.4 is 0 Å². The van der Waals surface area contributed by atoms with E-state index < -0.39 is 38.6 Å². The number of ether oxygens (including phenoxy) is 4. The Morgan fingerprint density at radius 2 is 1.18 bits per heavy atom. The Labute approximate surface area is 238 Å². The van der Waals surface area contributed by atoms with Gasteiger partial charge < -0.3 is 18.9 Å². The summed E-state index contributed by atoms with van der Waals surface area (Å²) >= 11 is 0. The van der Waals surface area contributed by atoms with Crippen molar-refractivity contribution in [2.75, 3.05) is 6.54 Å². The molecular weight excluding hydrogens is 518 g/mol. The Hall–Kier alpha value is -3.41. The van der Waals surface area contributed by atoms with Gasteiger partial charge in [-0.15, -0.1) is 5.54 Å². The molecule has 8 heteroatoms. The maximum absolute atomic E-state index is 9.13. The summed E-state index contributed by atoms with van der Waals surface area (Å²) in [4.78, 5) is 2.99. The summed E-state index contributed by atoms with van der Waals surface area (Å²) in [5, 5.41) is 3.86.